The first-order chi connectivity index (χ1) is 10.9. The average molecular weight is 292 g/mol. The van der Waals surface area contributed by atoms with Gasteiger partial charge in [0.2, 0.25) is 0 Å². The van der Waals surface area contributed by atoms with Gasteiger partial charge in [-0.3, -0.25) is 4.79 Å². The smallest absolute Gasteiger partial charge is 0.253 e. The van der Waals surface area contributed by atoms with Gasteiger partial charge < -0.3 is 0 Å². The Kier molecular flexibility index (Phi) is 3.43. The number of hydrogen-bond donors (Lipinski definition) is 0. The highest BCUT2D eigenvalue weighted by Gasteiger charge is 2.40. The van der Waals surface area contributed by atoms with Crippen molar-refractivity contribution in [3.63, 3.8) is 0 Å². The van der Waals surface area contributed by atoms with Gasteiger partial charge in [-0.1, -0.05) is 55.0 Å². The zero-order valence-corrected chi connectivity index (χ0v) is 12.6. The molecule has 1 saturated heterocycles. The van der Waals surface area contributed by atoms with Crippen LogP contribution in [0.25, 0.3) is 0 Å². The second-order valence-corrected chi connectivity index (χ2v) is 6.07. The van der Waals surface area contributed by atoms with Gasteiger partial charge >= 0.3 is 0 Å². The van der Waals surface area contributed by atoms with Crippen molar-refractivity contribution < 1.29 is 4.79 Å². The summed E-state index contributed by atoms with van der Waals surface area (Å²) in [5.74, 6) is 0.0219. The summed E-state index contributed by atoms with van der Waals surface area (Å²) in [6, 6.07) is 18.3. The van der Waals surface area contributed by atoms with E-state index < -0.39 is 0 Å². The molecule has 0 N–H and O–H groups in total. The van der Waals surface area contributed by atoms with Gasteiger partial charge in [0.05, 0.1) is 11.6 Å². The Morgan fingerprint density at radius 2 is 1.50 bits per heavy atom. The molecule has 2 aliphatic rings. The van der Waals surface area contributed by atoms with Gasteiger partial charge in [-0.15, -0.1) is 0 Å². The normalized spacial score (nSPS) is 21.9. The lowest BCUT2D eigenvalue weighted by atomic mass is 9.93. The molecule has 4 rings (SSSR count). The van der Waals surface area contributed by atoms with E-state index in [9.17, 15) is 4.79 Å². The van der Waals surface area contributed by atoms with Crippen LogP contribution in [0.2, 0.25) is 0 Å². The summed E-state index contributed by atoms with van der Waals surface area (Å²) in [6.07, 6.45) is 3.60. The number of piperidine rings is 1. The Morgan fingerprint density at radius 1 is 0.818 bits per heavy atom. The fourth-order valence-electron chi connectivity index (χ4n) is 3.64. The maximum Gasteiger partial charge on any atom is 0.253 e. The first-order valence-corrected chi connectivity index (χ1v) is 8.09. The van der Waals surface area contributed by atoms with E-state index in [0.717, 1.165) is 29.9 Å². The third-order valence-corrected chi connectivity index (χ3v) is 4.68. The van der Waals surface area contributed by atoms with Gasteiger partial charge in [0, 0.05) is 13.1 Å². The number of anilines is 1. The molecule has 2 aromatic carbocycles. The fraction of sp³-hybridized carbons (Fsp3) is 0.316. The Labute approximate surface area is 131 Å². The fourth-order valence-corrected chi connectivity index (χ4v) is 3.64. The summed E-state index contributed by atoms with van der Waals surface area (Å²) >= 11 is 0. The molecule has 3 heteroatoms. The van der Waals surface area contributed by atoms with E-state index >= 15 is 0 Å². The molecule has 2 aromatic rings. The number of carbonyl (C=O) groups is 1. The number of nitrogens with zero attached hydrogens (tertiary/aromatic N) is 2. The van der Waals surface area contributed by atoms with Crippen molar-refractivity contribution in [1.82, 2.24) is 5.01 Å². The molecular weight excluding hydrogens is 272 g/mol. The average Bonchev–Trinajstić information content (AvgIpc) is 2.88. The largest absolute Gasteiger partial charge is 0.272 e. The monoisotopic (exact) mass is 292 g/mol. The number of rotatable bonds is 2. The van der Waals surface area contributed by atoms with Crippen LogP contribution in [0.4, 0.5) is 5.69 Å². The number of hydrogen-bond acceptors (Lipinski definition) is 2. The lowest BCUT2D eigenvalue weighted by molar-refractivity contribution is -0.121. The van der Waals surface area contributed by atoms with Crippen LogP contribution in [0.3, 0.4) is 0 Å². The van der Waals surface area contributed by atoms with Crippen molar-refractivity contribution in [3.8, 4) is 0 Å². The topological polar surface area (TPSA) is 23.6 Å². The Morgan fingerprint density at radius 3 is 2.27 bits per heavy atom. The number of benzene rings is 2. The predicted molar refractivity (Wildman–Crippen MR) is 87.6 cm³/mol. The summed E-state index contributed by atoms with van der Waals surface area (Å²) < 4.78 is 0. The molecule has 0 saturated carbocycles. The predicted octanol–water partition coefficient (Wildman–Crippen LogP) is 3.57. The van der Waals surface area contributed by atoms with Crippen LogP contribution in [0.1, 0.15) is 36.3 Å². The maximum atomic E-state index is 13.1. The summed E-state index contributed by atoms with van der Waals surface area (Å²) in [5.41, 5.74) is 3.27. The molecule has 2 heterocycles. The molecule has 1 fully saturated rings. The number of amides is 1. The quantitative estimate of drug-likeness (QED) is 0.845. The molecule has 112 valence electrons. The third-order valence-electron chi connectivity index (χ3n) is 4.68. The van der Waals surface area contributed by atoms with Crippen molar-refractivity contribution in [2.45, 2.75) is 25.2 Å². The minimum absolute atomic E-state index is 0.167. The summed E-state index contributed by atoms with van der Waals surface area (Å²) in [6.45, 7) is 1.95. The SMILES string of the molecule is O=C1C(c2ccccc2)c2ccccc2N1N1CCCCC1. The number of carbonyl (C=O) groups excluding carboxylic acids is 1. The van der Waals surface area contributed by atoms with Crippen LogP contribution < -0.4 is 5.01 Å². The highest BCUT2D eigenvalue weighted by atomic mass is 16.2. The molecular formula is C19H20N2O. The Bertz CT molecular complexity index is 677. The second-order valence-electron chi connectivity index (χ2n) is 6.07. The molecule has 0 aromatic heterocycles. The summed E-state index contributed by atoms with van der Waals surface area (Å²) in [7, 11) is 0. The molecule has 0 radical (unpaired) electrons. The molecule has 1 atom stereocenters. The first kappa shape index (κ1) is 13.5. The number of fused-ring (bicyclic) bond motifs is 1. The van der Waals surface area contributed by atoms with Crippen LogP contribution in [0.5, 0.6) is 0 Å². The third kappa shape index (κ3) is 2.13. The first-order valence-electron chi connectivity index (χ1n) is 8.09. The Balaban J connectivity index is 1.78. The van der Waals surface area contributed by atoms with Crippen molar-refractivity contribution in [2.24, 2.45) is 0 Å². The van der Waals surface area contributed by atoms with E-state index in [0.29, 0.717) is 0 Å². The van der Waals surface area contributed by atoms with Gasteiger partial charge in [-0.2, -0.15) is 0 Å². The van der Waals surface area contributed by atoms with Crippen LogP contribution in [0.15, 0.2) is 54.6 Å². The Hall–Kier alpha value is -2.13. The number of hydrazine groups is 1. The lowest BCUT2D eigenvalue weighted by Gasteiger charge is -2.35. The van der Waals surface area contributed by atoms with E-state index in [1.165, 1.54) is 19.3 Å². The molecule has 22 heavy (non-hydrogen) atoms. The summed E-state index contributed by atoms with van der Waals surface area (Å²) in [5, 5.41) is 4.17. The second kappa shape index (κ2) is 5.58. The van der Waals surface area contributed by atoms with Crippen LogP contribution in [0, 0.1) is 0 Å². The van der Waals surface area contributed by atoms with Crippen LogP contribution in [-0.4, -0.2) is 24.0 Å². The van der Waals surface area contributed by atoms with Crippen molar-refractivity contribution >= 4 is 11.6 Å². The zero-order valence-electron chi connectivity index (χ0n) is 12.6. The maximum absolute atomic E-state index is 13.1. The van der Waals surface area contributed by atoms with Gasteiger partial charge in [0.15, 0.2) is 0 Å². The summed E-state index contributed by atoms with van der Waals surface area (Å²) in [4.78, 5) is 13.1. The van der Waals surface area contributed by atoms with E-state index in [-0.39, 0.29) is 11.8 Å². The molecule has 1 unspecified atom stereocenters. The highest BCUT2D eigenvalue weighted by Crippen LogP contribution is 2.42. The minimum Gasteiger partial charge on any atom is -0.272 e. The lowest BCUT2D eigenvalue weighted by Crippen LogP contribution is -2.48. The minimum atomic E-state index is -0.167. The molecule has 0 bridgehead atoms. The molecule has 2 aliphatic heterocycles. The zero-order chi connectivity index (χ0) is 14.9. The van der Waals surface area contributed by atoms with Gasteiger partial charge in [0.1, 0.15) is 0 Å². The molecule has 0 spiro atoms. The van der Waals surface area contributed by atoms with Crippen LogP contribution >= 0.6 is 0 Å². The van der Waals surface area contributed by atoms with E-state index in [4.69, 9.17) is 0 Å². The van der Waals surface area contributed by atoms with Gasteiger partial charge in [-0.05, 0) is 30.0 Å². The van der Waals surface area contributed by atoms with Gasteiger partial charge in [-0.25, -0.2) is 10.0 Å². The molecule has 3 nitrogen and oxygen atoms in total. The van der Waals surface area contributed by atoms with Crippen molar-refractivity contribution in [1.29, 1.82) is 0 Å². The molecule has 0 aliphatic carbocycles. The van der Waals surface area contributed by atoms with E-state index in [2.05, 4.69) is 29.3 Å². The standard InChI is InChI=1S/C19H20N2O/c22-19-18(15-9-3-1-4-10-15)16-11-5-6-12-17(16)21(19)20-13-7-2-8-14-20/h1,3-6,9-12,18H,2,7-8,13-14H2. The number of para-hydroxylation sites is 1. The van der Waals surface area contributed by atoms with Crippen molar-refractivity contribution in [2.75, 3.05) is 18.1 Å². The van der Waals surface area contributed by atoms with Gasteiger partial charge in [0.25, 0.3) is 5.91 Å². The van der Waals surface area contributed by atoms with E-state index in [1.807, 2.05) is 35.3 Å². The van der Waals surface area contributed by atoms with Crippen molar-refractivity contribution in [3.05, 3.63) is 65.7 Å². The van der Waals surface area contributed by atoms with Crippen LogP contribution in [-0.2, 0) is 4.79 Å². The van der Waals surface area contributed by atoms with E-state index in [1.54, 1.807) is 0 Å². The highest BCUT2D eigenvalue weighted by molar-refractivity contribution is 6.06. The molecule has 1 amide bonds.